The highest BCUT2D eigenvalue weighted by molar-refractivity contribution is 7.90. The molecule has 0 unspecified atom stereocenters. The Balaban J connectivity index is 1.37. The van der Waals surface area contributed by atoms with Crippen LogP contribution in [0.3, 0.4) is 0 Å². The molecule has 2 N–H and O–H groups in total. The van der Waals surface area contributed by atoms with Gasteiger partial charge in [0, 0.05) is 25.1 Å². The number of sulfonamides is 1. The van der Waals surface area contributed by atoms with E-state index in [4.69, 9.17) is 0 Å². The summed E-state index contributed by atoms with van der Waals surface area (Å²) in [4.78, 5) is 18.9. The SMILES string of the molecule is CN(C)[C@H](CNC(=O)CCCCCN=C1NS(=O)(=O)c2ccccc21)c1ccsc1. The minimum Gasteiger partial charge on any atom is -0.354 e. The number of fused-ring (bicyclic) bond motifs is 1. The largest absolute Gasteiger partial charge is 0.354 e. The Morgan fingerprint density at radius 1 is 1.20 bits per heavy atom. The van der Waals surface area contributed by atoms with Crippen molar-refractivity contribution in [3.63, 3.8) is 0 Å². The maximum Gasteiger partial charge on any atom is 0.263 e. The number of carbonyl (C=O) groups is 1. The summed E-state index contributed by atoms with van der Waals surface area (Å²) in [5, 5.41) is 7.19. The molecule has 1 amide bonds. The number of thiophene rings is 1. The summed E-state index contributed by atoms with van der Waals surface area (Å²) < 4.78 is 26.6. The zero-order valence-electron chi connectivity index (χ0n) is 17.3. The topological polar surface area (TPSA) is 90.9 Å². The number of nitrogens with zero attached hydrogens (tertiary/aromatic N) is 2. The van der Waals surface area contributed by atoms with Crippen LogP contribution < -0.4 is 10.0 Å². The van der Waals surface area contributed by atoms with Gasteiger partial charge in [0.25, 0.3) is 10.0 Å². The van der Waals surface area contributed by atoms with Crippen LogP contribution in [0.5, 0.6) is 0 Å². The van der Waals surface area contributed by atoms with E-state index in [0.29, 0.717) is 30.9 Å². The second-order valence-corrected chi connectivity index (χ2v) is 9.91. The fourth-order valence-corrected chi connectivity index (χ4v) is 5.34. The summed E-state index contributed by atoms with van der Waals surface area (Å²) in [6.45, 7) is 1.12. The first-order chi connectivity index (χ1) is 14.4. The van der Waals surface area contributed by atoms with E-state index < -0.39 is 10.0 Å². The van der Waals surface area contributed by atoms with Crippen molar-refractivity contribution in [1.82, 2.24) is 14.9 Å². The molecule has 2 heterocycles. The smallest absolute Gasteiger partial charge is 0.263 e. The fourth-order valence-electron chi connectivity index (χ4n) is 3.38. The van der Waals surface area contributed by atoms with Gasteiger partial charge in [-0.2, -0.15) is 11.3 Å². The Kier molecular flexibility index (Phi) is 7.63. The molecule has 0 aliphatic carbocycles. The van der Waals surface area contributed by atoms with Crippen molar-refractivity contribution in [3.8, 4) is 0 Å². The number of aliphatic imine (C=N–C) groups is 1. The first-order valence-corrected chi connectivity index (χ1v) is 12.4. The van der Waals surface area contributed by atoms with Crippen LogP contribution in [0.15, 0.2) is 51.0 Å². The number of amidine groups is 1. The molecule has 0 fully saturated rings. The third kappa shape index (κ3) is 5.68. The molecule has 9 heteroatoms. The average molecular weight is 449 g/mol. The standard InChI is InChI=1S/C21H28N4O3S2/c1-25(2)18(16-11-13-29-15-16)14-23-20(26)10-4-3-7-12-22-21-17-8-5-6-9-19(17)30(27,28)24-21/h5-6,8-9,11,13,15,18H,3-4,7,10,12,14H2,1-2H3,(H,22,24)(H,23,26)/t18-/m1/s1. The highest BCUT2D eigenvalue weighted by atomic mass is 32.2. The van der Waals surface area contributed by atoms with Gasteiger partial charge in [0.2, 0.25) is 5.91 Å². The van der Waals surface area contributed by atoms with E-state index in [-0.39, 0.29) is 16.8 Å². The predicted molar refractivity (Wildman–Crippen MR) is 120 cm³/mol. The lowest BCUT2D eigenvalue weighted by molar-refractivity contribution is -0.121. The quantitative estimate of drug-likeness (QED) is 0.547. The lowest BCUT2D eigenvalue weighted by Crippen LogP contribution is -2.34. The minimum absolute atomic E-state index is 0.0564. The van der Waals surface area contributed by atoms with Gasteiger partial charge < -0.3 is 10.2 Å². The zero-order chi connectivity index (χ0) is 21.6. The third-order valence-corrected chi connectivity index (χ3v) is 7.14. The fraction of sp³-hybridized carbons (Fsp3) is 0.429. The lowest BCUT2D eigenvalue weighted by atomic mass is 10.1. The molecular weight excluding hydrogens is 420 g/mol. The molecule has 1 aliphatic rings. The number of hydrogen-bond donors (Lipinski definition) is 2. The number of nitrogens with one attached hydrogen (secondary N) is 2. The molecule has 1 aromatic carbocycles. The average Bonchev–Trinajstić information content (AvgIpc) is 3.32. The predicted octanol–water partition coefficient (Wildman–Crippen LogP) is 2.77. The Morgan fingerprint density at radius 3 is 2.73 bits per heavy atom. The minimum atomic E-state index is -3.49. The van der Waals surface area contributed by atoms with Crippen LogP contribution in [0.25, 0.3) is 0 Å². The van der Waals surface area contributed by atoms with Crippen LogP contribution in [-0.4, -0.2) is 52.2 Å². The van der Waals surface area contributed by atoms with Crippen LogP contribution in [0.4, 0.5) is 0 Å². The van der Waals surface area contributed by atoms with E-state index >= 15 is 0 Å². The number of hydrogen-bond acceptors (Lipinski definition) is 6. The van der Waals surface area contributed by atoms with Crippen molar-refractivity contribution in [2.45, 2.75) is 36.6 Å². The number of unbranched alkanes of at least 4 members (excludes halogenated alkanes) is 2. The monoisotopic (exact) mass is 448 g/mol. The summed E-state index contributed by atoms with van der Waals surface area (Å²) in [5.74, 6) is 0.465. The first-order valence-electron chi connectivity index (χ1n) is 10.0. The van der Waals surface area contributed by atoms with E-state index in [1.165, 1.54) is 5.56 Å². The second kappa shape index (κ2) is 10.2. The summed E-state index contributed by atoms with van der Waals surface area (Å²) in [5.41, 5.74) is 1.84. The number of benzene rings is 1. The molecule has 1 atom stereocenters. The molecule has 162 valence electrons. The van der Waals surface area contributed by atoms with Crippen molar-refractivity contribution in [2.75, 3.05) is 27.2 Å². The third-order valence-electron chi connectivity index (χ3n) is 5.04. The van der Waals surface area contributed by atoms with Gasteiger partial charge in [0.15, 0.2) is 0 Å². The van der Waals surface area contributed by atoms with Crippen molar-refractivity contribution in [3.05, 3.63) is 52.2 Å². The normalized spacial score (nSPS) is 17.0. The van der Waals surface area contributed by atoms with Gasteiger partial charge in [-0.3, -0.25) is 14.5 Å². The highest BCUT2D eigenvalue weighted by Crippen LogP contribution is 2.22. The highest BCUT2D eigenvalue weighted by Gasteiger charge is 2.29. The maximum absolute atomic E-state index is 12.2. The Morgan fingerprint density at radius 2 is 2.00 bits per heavy atom. The van der Waals surface area contributed by atoms with E-state index in [1.807, 2.05) is 19.5 Å². The van der Waals surface area contributed by atoms with E-state index in [9.17, 15) is 13.2 Å². The van der Waals surface area contributed by atoms with Crippen molar-refractivity contribution >= 4 is 33.1 Å². The molecule has 3 rings (SSSR count). The number of amides is 1. The van der Waals surface area contributed by atoms with E-state index in [2.05, 4.69) is 31.4 Å². The lowest BCUT2D eigenvalue weighted by Gasteiger charge is -2.24. The molecule has 0 saturated heterocycles. The maximum atomic E-state index is 12.2. The van der Waals surface area contributed by atoms with Gasteiger partial charge in [-0.05, 0) is 61.5 Å². The second-order valence-electron chi connectivity index (χ2n) is 7.48. The molecule has 0 spiro atoms. The van der Waals surface area contributed by atoms with Gasteiger partial charge in [-0.1, -0.05) is 18.6 Å². The van der Waals surface area contributed by atoms with Gasteiger partial charge in [-0.15, -0.1) is 0 Å². The van der Waals surface area contributed by atoms with Crippen LogP contribution in [0, 0.1) is 0 Å². The molecule has 2 aromatic rings. The number of likely N-dealkylation sites (N-methyl/N-ethyl adjacent to an activating group) is 1. The Hall–Kier alpha value is -2.23. The molecule has 7 nitrogen and oxygen atoms in total. The van der Waals surface area contributed by atoms with Crippen molar-refractivity contribution in [1.29, 1.82) is 0 Å². The van der Waals surface area contributed by atoms with E-state index in [0.717, 1.165) is 19.3 Å². The molecule has 30 heavy (non-hydrogen) atoms. The van der Waals surface area contributed by atoms with E-state index in [1.54, 1.807) is 35.6 Å². The van der Waals surface area contributed by atoms with Gasteiger partial charge in [0.1, 0.15) is 5.84 Å². The van der Waals surface area contributed by atoms with Gasteiger partial charge >= 0.3 is 0 Å². The molecule has 0 saturated carbocycles. The number of carbonyl (C=O) groups excluding carboxylic acids is 1. The van der Waals surface area contributed by atoms with Crippen molar-refractivity contribution in [2.24, 2.45) is 4.99 Å². The number of rotatable bonds is 10. The molecule has 1 aliphatic heterocycles. The first kappa shape index (κ1) is 22.5. The zero-order valence-corrected chi connectivity index (χ0v) is 18.9. The van der Waals surface area contributed by atoms with Crippen LogP contribution >= 0.6 is 11.3 Å². The van der Waals surface area contributed by atoms with Gasteiger partial charge in [-0.25, -0.2) is 8.42 Å². The molecule has 0 bridgehead atoms. The van der Waals surface area contributed by atoms with Crippen LogP contribution in [0.1, 0.15) is 42.9 Å². The summed E-state index contributed by atoms with van der Waals surface area (Å²) >= 11 is 1.66. The Bertz CT molecular complexity index is 985. The Labute approximate surface area is 182 Å². The van der Waals surface area contributed by atoms with Crippen molar-refractivity contribution < 1.29 is 13.2 Å². The van der Waals surface area contributed by atoms with Crippen LogP contribution in [0.2, 0.25) is 0 Å². The molecular formula is C21H28N4O3S2. The summed E-state index contributed by atoms with van der Waals surface area (Å²) in [7, 11) is 0.540. The molecule has 0 radical (unpaired) electrons. The van der Waals surface area contributed by atoms with Crippen LogP contribution in [-0.2, 0) is 14.8 Å². The summed E-state index contributed by atoms with van der Waals surface area (Å²) in [6.07, 6.45) is 2.93. The van der Waals surface area contributed by atoms with Gasteiger partial charge in [0.05, 0.1) is 10.9 Å². The summed E-state index contributed by atoms with van der Waals surface area (Å²) in [6, 6.07) is 9.10. The molecule has 1 aromatic heterocycles.